The van der Waals surface area contributed by atoms with Gasteiger partial charge >= 0.3 is 0 Å². The fraction of sp³-hybridized carbons (Fsp3) is 0.400. The number of fused-ring (bicyclic) bond motifs is 1. The second-order valence-corrected chi connectivity index (χ2v) is 4.87. The molecular weight excluding hydrogens is 270 g/mol. The molecule has 0 bridgehead atoms. The van der Waals surface area contributed by atoms with Crippen molar-refractivity contribution in [2.75, 3.05) is 13.2 Å². The van der Waals surface area contributed by atoms with E-state index in [0.29, 0.717) is 18.8 Å². The van der Waals surface area contributed by atoms with Gasteiger partial charge in [-0.15, -0.1) is 0 Å². The van der Waals surface area contributed by atoms with E-state index in [2.05, 4.69) is 15.3 Å². The van der Waals surface area contributed by atoms with Crippen LogP contribution in [0.15, 0.2) is 24.3 Å². The molecule has 3 N–H and O–H groups in total. The molecule has 2 rings (SSSR count). The first kappa shape index (κ1) is 15.2. The number of aliphatic hydroxyl groups excluding tert-OH is 1. The molecule has 0 fully saturated rings. The van der Waals surface area contributed by atoms with Gasteiger partial charge in [0.05, 0.1) is 11.0 Å². The molecule has 1 aromatic carbocycles. The number of benzene rings is 1. The lowest BCUT2D eigenvalue weighted by Crippen LogP contribution is -2.25. The van der Waals surface area contributed by atoms with E-state index < -0.39 is 0 Å². The molecule has 21 heavy (non-hydrogen) atoms. The van der Waals surface area contributed by atoms with E-state index in [4.69, 9.17) is 5.11 Å². The summed E-state index contributed by atoms with van der Waals surface area (Å²) in [5.41, 5.74) is 1.61. The molecule has 0 saturated carbocycles. The van der Waals surface area contributed by atoms with Crippen molar-refractivity contribution in [2.45, 2.75) is 25.7 Å². The minimum absolute atomic E-state index is 0.138. The van der Waals surface area contributed by atoms with Gasteiger partial charge in [0, 0.05) is 13.0 Å². The molecule has 1 aromatic heterocycles. The van der Waals surface area contributed by atoms with Crippen LogP contribution in [-0.4, -0.2) is 39.9 Å². The number of unbranched alkanes of at least 4 members (excludes halogenated alkanes) is 2. The molecular formula is C15H19N3O3. The highest BCUT2D eigenvalue weighted by Crippen LogP contribution is 2.10. The number of H-pyrrole nitrogens is 1. The summed E-state index contributed by atoms with van der Waals surface area (Å²) < 4.78 is 0. The molecule has 1 amide bonds. The van der Waals surface area contributed by atoms with Gasteiger partial charge in [-0.25, -0.2) is 4.98 Å². The fourth-order valence-corrected chi connectivity index (χ4v) is 2.05. The molecule has 0 aliphatic heterocycles. The minimum atomic E-state index is -0.386. The largest absolute Gasteiger partial charge is 0.389 e. The van der Waals surface area contributed by atoms with Gasteiger partial charge in [0.2, 0.25) is 0 Å². The molecule has 112 valence electrons. The third-order valence-electron chi connectivity index (χ3n) is 3.20. The number of carbonyl (C=O) groups excluding carboxylic acids is 2. The number of carbonyl (C=O) groups is 2. The zero-order valence-electron chi connectivity index (χ0n) is 11.8. The average molecular weight is 289 g/mol. The minimum Gasteiger partial charge on any atom is -0.389 e. The molecule has 2 aromatic rings. The summed E-state index contributed by atoms with van der Waals surface area (Å²) in [5.74, 6) is -0.0504. The SMILES string of the molecule is O=C(CO)CCCCCNC(=O)c1nc2ccccc2[nH]1. The van der Waals surface area contributed by atoms with Crippen molar-refractivity contribution in [3.63, 3.8) is 0 Å². The molecule has 0 aliphatic rings. The number of aromatic amines is 1. The maximum atomic E-state index is 11.9. The monoisotopic (exact) mass is 289 g/mol. The lowest BCUT2D eigenvalue weighted by molar-refractivity contribution is -0.121. The quantitative estimate of drug-likeness (QED) is 0.640. The number of para-hydroxylation sites is 2. The van der Waals surface area contributed by atoms with Crippen LogP contribution < -0.4 is 5.32 Å². The molecule has 6 nitrogen and oxygen atoms in total. The van der Waals surface area contributed by atoms with Crippen LogP contribution in [0.3, 0.4) is 0 Å². The molecule has 0 atom stereocenters. The van der Waals surface area contributed by atoms with Crippen molar-refractivity contribution in [2.24, 2.45) is 0 Å². The first-order valence-electron chi connectivity index (χ1n) is 7.06. The second kappa shape index (κ2) is 7.54. The predicted molar refractivity (Wildman–Crippen MR) is 79.0 cm³/mol. The summed E-state index contributed by atoms with van der Waals surface area (Å²) in [6, 6.07) is 7.48. The van der Waals surface area contributed by atoms with E-state index in [1.54, 1.807) is 0 Å². The maximum absolute atomic E-state index is 11.9. The summed E-state index contributed by atoms with van der Waals surface area (Å²) in [6.45, 7) is 0.159. The van der Waals surface area contributed by atoms with Crippen molar-refractivity contribution in [3.8, 4) is 0 Å². The Balaban J connectivity index is 1.71. The van der Waals surface area contributed by atoms with E-state index >= 15 is 0 Å². The van der Waals surface area contributed by atoms with E-state index in [1.165, 1.54) is 0 Å². The molecule has 0 radical (unpaired) electrons. The van der Waals surface area contributed by atoms with E-state index in [-0.39, 0.29) is 18.3 Å². The second-order valence-electron chi connectivity index (χ2n) is 4.87. The number of imidazole rings is 1. The first-order chi connectivity index (χ1) is 10.2. The zero-order valence-corrected chi connectivity index (χ0v) is 11.8. The number of aromatic nitrogens is 2. The third kappa shape index (κ3) is 4.39. The standard InChI is InChI=1S/C15H19N3O3/c19-10-11(20)6-2-1-5-9-16-15(21)14-17-12-7-3-4-8-13(12)18-14/h3-4,7-8,19H,1-2,5-6,9-10H2,(H,16,21)(H,17,18). The topological polar surface area (TPSA) is 95.1 Å². The van der Waals surface area contributed by atoms with Gasteiger partial charge in [-0.05, 0) is 25.0 Å². The average Bonchev–Trinajstić information content (AvgIpc) is 2.94. The molecule has 6 heteroatoms. The summed E-state index contributed by atoms with van der Waals surface area (Å²) in [5, 5.41) is 11.4. The van der Waals surface area contributed by atoms with Gasteiger partial charge in [0.15, 0.2) is 11.6 Å². The Kier molecular flexibility index (Phi) is 5.45. The number of ketones is 1. The van der Waals surface area contributed by atoms with E-state index in [9.17, 15) is 9.59 Å². The molecule has 0 unspecified atom stereocenters. The van der Waals surface area contributed by atoms with Gasteiger partial charge in [0.25, 0.3) is 5.91 Å². The predicted octanol–water partition coefficient (Wildman–Crippen LogP) is 1.41. The van der Waals surface area contributed by atoms with Gasteiger partial charge in [-0.3, -0.25) is 9.59 Å². The zero-order chi connectivity index (χ0) is 15.1. The van der Waals surface area contributed by atoms with Crippen LogP contribution in [0.25, 0.3) is 11.0 Å². The van der Waals surface area contributed by atoms with Gasteiger partial charge in [0.1, 0.15) is 6.61 Å². The van der Waals surface area contributed by atoms with Gasteiger partial charge in [-0.1, -0.05) is 18.6 Å². The number of Topliss-reactive ketones (excluding diaryl/α,β-unsaturated/α-hetero) is 1. The summed E-state index contributed by atoms with van der Waals surface area (Å²) in [7, 11) is 0. The van der Waals surface area contributed by atoms with Crippen LogP contribution in [0.4, 0.5) is 0 Å². The highest BCUT2D eigenvalue weighted by atomic mass is 16.3. The van der Waals surface area contributed by atoms with Crippen LogP contribution >= 0.6 is 0 Å². The van der Waals surface area contributed by atoms with Crippen molar-refractivity contribution in [3.05, 3.63) is 30.1 Å². The highest BCUT2D eigenvalue weighted by molar-refractivity contribution is 5.94. The Morgan fingerprint density at radius 3 is 2.76 bits per heavy atom. The lowest BCUT2D eigenvalue weighted by atomic mass is 10.1. The Bertz CT molecular complexity index is 588. The number of amides is 1. The Hall–Kier alpha value is -2.21. The number of nitrogens with zero attached hydrogens (tertiary/aromatic N) is 1. The van der Waals surface area contributed by atoms with Crippen molar-refractivity contribution < 1.29 is 14.7 Å². The van der Waals surface area contributed by atoms with E-state index in [1.807, 2.05) is 24.3 Å². The number of rotatable bonds is 8. The summed E-state index contributed by atoms with van der Waals surface area (Å²) in [6.07, 6.45) is 2.77. The normalized spacial score (nSPS) is 10.7. The van der Waals surface area contributed by atoms with Crippen molar-refractivity contribution >= 4 is 22.7 Å². The number of aliphatic hydroxyl groups is 1. The number of hydrogen-bond donors (Lipinski definition) is 3. The van der Waals surface area contributed by atoms with Crippen molar-refractivity contribution in [1.29, 1.82) is 0 Å². The summed E-state index contributed by atoms with van der Waals surface area (Å²) in [4.78, 5) is 30.0. The van der Waals surface area contributed by atoms with Gasteiger partial charge < -0.3 is 15.4 Å². The molecule has 0 aliphatic carbocycles. The van der Waals surface area contributed by atoms with Crippen LogP contribution in [0.1, 0.15) is 36.3 Å². The Morgan fingerprint density at radius 1 is 1.19 bits per heavy atom. The maximum Gasteiger partial charge on any atom is 0.287 e. The van der Waals surface area contributed by atoms with Crippen LogP contribution in [0, 0.1) is 0 Å². The molecule has 1 heterocycles. The van der Waals surface area contributed by atoms with Crippen LogP contribution in [0.5, 0.6) is 0 Å². The number of nitrogens with one attached hydrogen (secondary N) is 2. The third-order valence-corrected chi connectivity index (χ3v) is 3.20. The van der Waals surface area contributed by atoms with Crippen LogP contribution in [-0.2, 0) is 4.79 Å². The smallest absolute Gasteiger partial charge is 0.287 e. The fourth-order valence-electron chi connectivity index (χ4n) is 2.05. The first-order valence-corrected chi connectivity index (χ1v) is 7.06. The van der Waals surface area contributed by atoms with Crippen LogP contribution in [0.2, 0.25) is 0 Å². The molecule has 0 spiro atoms. The lowest BCUT2D eigenvalue weighted by Gasteiger charge is -2.02. The van der Waals surface area contributed by atoms with E-state index in [0.717, 1.165) is 30.3 Å². The van der Waals surface area contributed by atoms with Gasteiger partial charge in [-0.2, -0.15) is 0 Å². The Labute approximate surface area is 122 Å². The number of hydrogen-bond acceptors (Lipinski definition) is 4. The Morgan fingerprint density at radius 2 is 2.00 bits per heavy atom. The summed E-state index contributed by atoms with van der Waals surface area (Å²) >= 11 is 0. The van der Waals surface area contributed by atoms with Crippen molar-refractivity contribution in [1.82, 2.24) is 15.3 Å². The molecule has 0 saturated heterocycles. The highest BCUT2D eigenvalue weighted by Gasteiger charge is 2.10.